The normalized spacial score (nSPS) is 12.2. The second kappa shape index (κ2) is 13.5. The molecular formula is C34H37NO2. The Morgan fingerprint density at radius 3 is 2.30 bits per heavy atom. The molecule has 0 bridgehead atoms. The van der Waals surface area contributed by atoms with E-state index in [1.807, 2.05) is 54.7 Å². The number of rotatable bonds is 12. The zero-order valence-electron chi connectivity index (χ0n) is 22.0. The van der Waals surface area contributed by atoms with Gasteiger partial charge >= 0.3 is 5.97 Å². The van der Waals surface area contributed by atoms with Gasteiger partial charge in [-0.25, -0.2) is 4.79 Å². The SMILES string of the molecule is CCCCCCCCc1ccc(C(=O)Oc2ccc(C=NC(C)c3cccc4ccccc34)cc2)cc1. The number of aliphatic imine (C=N–C) groups is 1. The summed E-state index contributed by atoms with van der Waals surface area (Å²) in [7, 11) is 0. The van der Waals surface area contributed by atoms with E-state index >= 15 is 0 Å². The zero-order valence-corrected chi connectivity index (χ0v) is 22.0. The van der Waals surface area contributed by atoms with Gasteiger partial charge in [0.05, 0.1) is 11.6 Å². The number of benzene rings is 4. The highest BCUT2D eigenvalue weighted by molar-refractivity contribution is 5.91. The average molecular weight is 492 g/mol. The highest BCUT2D eigenvalue weighted by Crippen LogP contribution is 2.26. The summed E-state index contributed by atoms with van der Waals surface area (Å²) in [5.41, 5.74) is 4.01. The fourth-order valence-corrected chi connectivity index (χ4v) is 4.60. The lowest BCUT2D eigenvalue weighted by Gasteiger charge is -2.10. The van der Waals surface area contributed by atoms with Gasteiger partial charge in [-0.3, -0.25) is 4.99 Å². The molecule has 0 saturated carbocycles. The van der Waals surface area contributed by atoms with Crippen LogP contribution in [-0.2, 0) is 6.42 Å². The summed E-state index contributed by atoms with van der Waals surface area (Å²) in [5, 5.41) is 2.45. The van der Waals surface area contributed by atoms with Crippen molar-refractivity contribution in [2.45, 2.75) is 64.8 Å². The molecule has 1 atom stereocenters. The van der Waals surface area contributed by atoms with Gasteiger partial charge in [-0.15, -0.1) is 0 Å². The maximum atomic E-state index is 12.6. The van der Waals surface area contributed by atoms with Crippen molar-refractivity contribution in [2.75, 3.05) is 0 Å². The monoisotopic (exact) mass is 491 g/mol. The molecule has 37 heavy (non-hydrogen) atoms. The first-order valence-corrected chi connectivity index (χ1v) is 13.6. The van der Waals surface area contributed by atoms with E-state index in [0.29, 0.717) is 11.3 Å². The minimum absolute atomic E-state index is 0.0348. The van der Waals surface area contributed by atoms with Crippen LogP contribution < -0.4 is 4.74 Å². The highest BCUT2D eigenvalue weighted by Gasteiger charge is 2.09. The topological polar surface area (TPSA) is 38.7 Å². The molecule has 0 aliphatic rings. The van der Waals surface area contributed by atoms with Gasteiger partial charge in [0.1, 0.15) is 5.75 Å². The minimum Gasteiger partial charge on any atom is -0.423 e. The van der Waals surface area contributed by atoms with E-state index in [9.17, 15) is 4.79 Å². The van der Waals surface area contributed by atoms with E-state index in [4.69, 9.17) is 9.73 Å². The van der Waals surface area contributed by atoms with E-state index < -0.39 is 0 Å². The number of fused-ring (bicyclic) bond motifs is 1. The van der Waals surface area contributed by atoms with Gasteiger partial charge in [0.15, 0.2) is 0 Å². The van der Waals surface area contributed by atoms with E-state index in [1.165, 1.54) is 60.4 Å². The Morgan fingerprint density at radius 2 is 1.51 bits per heavy atom. The number of esters is 1. The number of ether oxygens (including phenoxy) is 1. The Kier molecular flexibility index (Phi) is 9.65. The van der Waals surface area contributed by atoms with Crippen LogP contribution in [0.4, 0.5) is 0 Å². The van der Waals surface area contributed by atoms with Crippen LogP contribution in [-0.4, -0.2) is 12.2 Å². The fraction of sp³-hybridized carbons (Fsp3) is 0.294. The molecule has 4 aromatic carbocycles. The number of hydrogen-bond acceptors (Lipinski definition) is 3. The minimum atomic E-state index is -0.336. The Labute approximate surface area is 221 Å². The lowest BCUT2D eigenvalue weighted by molar-refractivity contribution is 0.0734. The van der Waals surface area contributed by atoms with Crippen molar-refractivity contribution in [2.24, 2.45) is 4.99 Å². The molecule has 0 aliphatic heterocycles. The Morgan fingerprint density at radius 1 is 0.811 bits per heavy atom. The molecule has 0 amide bonds. The predicted molar refractivity (Wildman–Crippen MR) is 155 cm³/mol. The molecule has 190 valence electrons. The maximum absolute atomic E-state index is 12.6. The number of carbonyl (C=O) groups is 1. The Balaban J connectivity index is 1.29. The summed E-state index contributed by atoms with van der Waals surface area (Å²) >= 11 is 0. The second-order valence-electron chi connectivity index (χ2n) is 9.70. The summed E-state index contributed by atoms with van der Waals surface area (Å²) in [6.45, 7) is 4.35. The molecular weight excluding hydrogens is 454 g/mol. The molecule has 0 aliphatic carbocycles. The van der Waals surface area contributed by atoms with Crippen LogP contribution in [0.2, 0.25) is 0 Å². The van der Waals surface area contributed by atoms with Crippen LogP contribution in [0.1, 0.15) is 85.5 Å². The highest BCUT2D eigenvalue weighted by atomic mass is 16.5. The first-order valence-electron chi connectivity index (χ1n) is 13.6. The third-order valence-corrected chi connectivity index (χ3v) is 6.82. The van der Waals surface area contributed by atoms with Gasteiger partial charge in [-0.1, -0.05) is 93.6 Å². The van der Waals surface area contributed by atoms with E-state index in [2.05, 4.69) is 56.3 Å². The number of aryl methyl sites for hydroxylation is 1. The zero-order chi connectivity index (χ0) is 25.9. The van der Waals surface area contributed by atoms with Gasteiger partial charge < -0.3 is 4.74 Å². The summed E-state index contributed by atoms with van der Waals surface area (Å²) in [6.07, 6.45) is 10.7. The molecule has 4 rings (SSSR count). The second-order valence-corrected chi connectivity index (χ2v) is 9.70. The van der Waals surface area contributed by atoms with Crippen molar-refractivity contribution in [3.63, 3.8) is 0 Å². The lowest BCUT2D eigenvalue weighted by Crippen LogP contribution is -2.08. The molecule has 0 radical (unpaired) electrons. The van der Waals surface area contributed by atoms with Crippen LogP contribution in [0.25, 0.3) is 10.8 Å². The van der Waals surface area contributed by atoms with E-state index in [-0.39, 0.29) is 12.0 Å². The molecule has 0 heterocycles. The van der Waals surface area contributed by atoms with E-state index in [1.54, 1.807) is 0 Å². The third kappa shape index (κ3) is 7.63. The number of unbranched alkanes of at least 4 members (excludes halogenated alkanes) is 5. The van der Waals surface area contributed by atoms with Crippen LogP contribution in [0.3, 0.4) is 0 Å². The molecule has 4 aromatic rings. The van der Waals surface area contributed by atoms with Crippen LogP contribution in [0.5, 0.6) is 5.75 Å². The van der Waals surface area contributed by atoms with Crippen LogP contribution in [0.15, 0.2) is 96.0 Å². The third-order valence-electron chi connectivity index (χ3n) is 6.82. The molecule has 3 nitrogen and oxygen atoms in total. The van der Waals surface area contributed by atoms with Gasteiger partial charge in [-0.05, 0) is 83.6 Å². The molecule has 0 spiro atoms. The molecule has 0 aromatic heterocycles. The average Bonchev–Trinajstić information content (AvgIpc) is 2.94. The van der Waals surface area contributed by atoms with Crippen molar-refractivity contribution in [1.29, 1.82) is 0 Å². The largest absolute Gasteiger partial charge is 0.423 e. The van der Waals surface area contributed by atoms with Gasteiger partial charge in [0, 0.05) is 6.21 Å². The smallest absolute Gasteiger partial charge is 0.343 e. The van der Waals surface area contributed by atoms with E-state index in [0.717, 1.165) is 12.0 Å². The summed E-state index contributed by atoms with van der Waals surface area (Å²) in [5.74, 6) is 0.192. The Hall–Kier alpha value is -3.72. The van der Waals surface area contributed by atoms with Crippen molar-refractivity contribution >= 4 is 23.0 Å². The Bertz CT molecular complexity index is 1300. The number of carbonyl (C=O) groups excluding carboxylic acids is 1. The maximum Gasteiger partial charge on any atom is 0.343 e. The molecule has 3 heteroatoms. The number of hydrogen-bond donors (Lipinski definition) is 0. The predicted octanol–water partition coefficient (Wildman–Crippen LogP) is 9.14. The number of nitrogens with zero attached hydrogens (tertiary/aromatic N) is 1. The van der Waals surface area contributed by atoms with Gasteiger partial charge in [0.25, 0.3) is 0 Å². The first kappa shape index (κ1) is 26.3. The summed E-state index contributed by atoms with van der Waals surface area (Å²) < 4.78 is 5.59. The van der Waals surface area contributed by atoms with Crippen LogP contribution in [0, 0.1) is 0 Å². The molecule has 0 saturated heterocycles. The van der Waals surface area contributed by atoms with Crippen molar-refractivity contribution in [3.05, 3.63) is 113 Å². The molecule has 0 N–H and O–H groups in total. The first-order chi connectivity index (χ1) is 18.1. The molecule has 1 unspecified atom stereocenters. The standard InChI is InChI=1S/C34H37NO2/c1-3-4-5-6-7-8-12-27-17-21-30(22-18-27)34(36)37-31-23-19-28(20-24-31)25-35-26(2)32-16-11-14-29-13-9-10-15-33(29)32/h9-11,13-26H,3-8,12H2,1-2H3. The van der Waals surface area contributed by atoms with Crippen molar-refractivity contribution in [1.82, 2.24) is 0 Å². The summed E-state index contributed by atoms with van der Waals surface area (Å²) in [6, 6.07) is 30.0. The summed E-state index contributed by atoms with van der Waals surface area (Å²) in [4.78, 5) is 17.4. The van der Waals surface area contributed by atoms with Gasteiger partial charge in [0.2, 0.25) is 0 Å². The fourth-order valence-electron chi connectivity index (χ4n) is 4.60. The van der Waals surface area contributed by atoms with Crippen molar-refractivity contribution < 1.29 is 9.53 Å². The van der Waals surface area contributed by atoms with Crippen molar-refractivity contribution in [3.8, 4) is 5.75 Å². The lowest BCUT2D eigenvalue weighted by atomic mass is 10.00. The van der Waals surface area contributed by atoms with Crippen LogP contribution >= 0.6 is 0 Å². The quantitative estimate of drug-likeness (QED) is 0.0857. The van der Waals surface area contributed by atoms with Gasteiger partial charge in [-0.2, -0.15) is 0 Å². The molecule has 0 fully saturated rings.